The second-order valence-electron chi connectivity index (χ2n) is 7.02. The van der Waals surface area contributed by atoms with Crippen molar-refractivity contribution in [2.45, 2.75) is 30.9 Å². The Morgan fingerprint density at radius 3 is 2.71 bits per heavy atom. The van der Waals surface area contributed by atoms with Gasteiger partial charge in [-0.05, 0) is 30.0 Å². The number of ether oxygens (including phenoxy) is 1. The van der Waals surface area contributed by atoms with E-state index >= 15 is 0 Å². The molecule has 1 aromatic carbocycles. The smallest absolute Gasteiger partial charge is 0.250 e. The zero-order chi connectivity index (χ0) is 16.9. The Morgan fingerprint density at radius 2 is 2.08 bits per heavy atom. The number of benzene rings is 1. The van der Waals surface area contributed by atoms with Gasteiger partial charge in [-0.15, -0.1) is 0 Å². The minimum atomic E-state index is -0.485. The van der Waals surface area contributed by atoms with Crippen LogP contribution in [0.5, 0.6) is 0 Å². The van der Waals surface area contributed by atoms with Gasteiger partial charge < -0.3 is 14.5 Å². The first kappa shape index (κ1) is 16.1. The molecule has 0 bridgehead atoms. The summed E-state index contributed by atoms with van der Waals surface area (Å²) >= 11 is 3.50. The molecule has 128 valence electrons. The molecule has 1 aliphatic carbocycles. The number of rotatable bonds is 2. The monoisotopic (exact) mass is 392 g/mol. The van der Waals surface area contributed by atoms with E-state index in [0.29, 0.717) is 31.8 Å². The van der Waals surface area contributed by atoms with Gasteiger partial charge in [0.2, 0.25) is 5.91 Å². The van der Waals surface area contributed by atoms with Gasteiger partial charge in [0.15, 0.2) is 0 Å². The van der Waals surface area contributed by atoms with Gasteiger partial charge in [-0.1, -0.05) is 28.1 Å². The van der Waals surface area contributed by atoms with Crippen molar-refractivity contribution in [3.8, 4) is 0 Å². The van der Waals surface area contributed by atoms with Gasteiger partial charge in [0.1, 0.15) is 12.3 Å². The molecule has 2 atom stereocenters. The number of hydrogen-bond donors (Lipinski definition) is 0. The lowest BCUT2D eigenvalue weighted by Gasteiger charge is -2.42. The molecular formula is C18H21BrN2O3. The van der Waals surface area contributed by atoms with Gasteiger partial charge in [0.05, 0.1) is 0 Å². The third kappa shape index (κ3) is 2.65. The Labute approximate surface area is 150 Å². The fraction of sp³-hybridized carbons (Fsp3) is 0.556. The van der Waals surface area contributed by atoms with E-state index in [4.69, 9.17) is 4.74 Å². The molecule has 6 heteroatoms. The molecule has 24 heavy (non-hydrogen) atoms. The van der Waals surface area contributed by atoms with Crippen molar-refractivity contribution in [2.24, 2.45) is 5.92 Å². The van der Waals surface area contributed by atoms with Crippen LogP contribution in [-0.2, 0) is 14.3 Å². The maximum atomic E-state index is 12.8. The van der Waals surface area contributed by atoms with Crippen molar-refractivity contribution >= 4 is 27.7 Å². The molecule has 2 aliphatic heterocycles. The first-order chi connectivity index (χ1) is 11.5. The SMILES string of the molecule is CN1C(=O)COC12CCN(C(=O)[C@H]1C[C@@H]1c1cccc(Br)c1)CC2. The minimum absolute atomic E-state index is 0.0340. The average Bonchev–Trinajstić information content (AvgIpc) is 3.35. The second-order valence-corrected chi connectivity index (χ2v) is 7.93. The predicted molar refractivity (Wildman–Crippen MR) is 92.3 cm³/mol. The van der Waals surface area contributed by atoms with Gasteiger partial charge in [0, 0.05) is 43.4 Å². The topological polar surface area (TPSA) is 49.9 Å². The molecule has 5 nitrogen and oxygen atoms in total. The molecule has 3 aliphatic rings. The van der Waals surface area contributed by atoms with Crippen LogP contribution in [0.2, 0.25) is 0 Å². The van der Waals surface area contributed by atoms with Crippen LogP contribution in [0.25, 0.3) is 0 Å². The molecule has 2 heterocycles. The largest absolute Gasteiger partial charge is 0.346 e. The Morgan fingerprint density at radius 1 is 1.33 bits per heavy atom. The van der Waals surface area contributed by atoms with Gasteiger partial charge in [-0.2, -0.15) is 0 Å². The Hall–Kier alpha value is -1.40. The Balaban J connectivity index is 1.37. The minimum Gasteiger partial charge on any atom is -0.346 e. The normalized spacial score (nSPS) is 28.5. The predicted octanol–water partition coefficient (Wildman–Crippen LogP) is 2.36. The first-order valence-electron chi connectivity index (χ1n) is 8.45. The van der Waals surface area contributed by atoms with Crippen molar-refractivity contribution in [3.63, 3.8) is 0 Å². The van der Waals surface area contributed by atoms with Crippen molar-refractivity contribution in [2.75, 3.05) is 26.7 Å². The molecule has 4 rings (SSSR count). The van der Waals surface area contributed by atoms with Crippen molar-refractivity contribution < 1.29 is 14.3 Å². The fourth-order valence-corrected chi connectivity index (χ4v) is 4.40. The van der Waals surface area contributed by atoms with Gasteiger partial charge in [-0.3, -0.25) is 9.59 Å². The molecule has 1 saturated carbocycles. The second kappa shape index (κ2) is 5.85. The van der Waals surface area contributed by atoms with Crippen LogP contribution in [0.3, 0.4) is 0 Å². The molecular weight excluding hydrogens is 372 g/mol. The van der Waals surface area contributed by atoms with Crippen LogP contribution in [0.4, 0.5) is 0 Å². The van der Waals surface area contributed by atoms with E-state index in [0.717, 1.165) is 10.9 Å². The Kier molecular flexibility index (Phi) is 3.92. The molecule has 3 fully saturated rings. The van der Waals surface area contributed by atoms with Crippen LogP contribution < -0.4 is 0 Å². The molecule has 0 radical (unpaired) electrons. The molecule has 2 saturated heterocycles. The maximum absolute atomic E-state index is 12.8. The maximum Gasteiger partial charge on any atom is 0.250 e. The number of likely N-dealkylation sites (N-methyl/N-ethyl adjacent to an activating group) is 1. The van der Waals surface area contributed by atoms with Gasteiger partial charge in [-0.25, -0.2) is 0 Å². The summed E-state index contributed by atoms with van der Waals surface area (Å²) in [5, 5.41) is 0. The summed E-state index contributed by atoms with van der Waals surface area (Å²) in [6.45, 7) is 1.49. The third-order valence-corrected chi connectivity index (χ3v) is 6.18. The van der Waals surface area contributed by atoms with Crippen molar-refractivity contribution in [3.05, 3.63) is 34.3 Å². The highest BCUT2D eigenvalue weighted by Crippen LogP contribution is 2.49. The highest BCUT2D eigenvalue weighted by molar-refractivity contribution is 9.10. The molecule has 1 aromatic rings. The number of carbonyl (C=O) groups excluding carboxylic acids is 2. The van der Waals surface area contributed by atoms with Crippen molar-refractivity contribution in [1.82, 2.24) is 9.80 Å². The van der Waals surface area contributed by atoms with E-state index < -0.39 is 5.72 Å². The number of hydrogen-bond acceptors (Lipinski definition) is 3. The number of halogens is 1. The summed E-state index contributed by atoms with van der Waals surface area (Å²) in [5.41, 5.74) is 0.752. The van der Waals surface area contributed by atoms with Gasteiger partial charge in [0.25, 0.3) is 5.91 Å². The summed E-state index contributed by atoms with van der Waals surface area (Å²) in [7, 11) is 1.80. The van der Waals surface area contributed by atoms with Crippen LogP contribution in [-0.4, -0.2) is 54.1 Å². The van der Waals surface area contributed by atoms with E-state index in [2.05, 4.69) is 28.1 Å². The van der Waals surface area contributed by atoms with Crippen LogP contribution in [0.1, 0.15) is 30.7 Å². The van der Waals surface area contributed by atoms with Crippen LogP contribution in [0.15, 0.2) is 28.7 Å². The lowest BCUT2D eigenvalue weighted by molar-refractivity contribution is -0.147. The molecule has 2 amide bonds. The number of carbonyl (C=O) groups is 2. The standard InChI is InChI=1S/C18H21BrN2O3/c1-20-16(22)11-24-18(20)5-7-21(8-6-18)17(23)15-10-14(15)12-3-2-4-13(19)9-12/h2-4,9,14-15H,5-8,10-11H2,1H3/t14-,15+/m1/s1. The van der Waals surface area contributed by atoms with Crippen LogP contribution in [0, 0.1) is 5.92 Å². The van der Waals surface area contributed by atoms with E-state index in [-0.39, 0.29) is 24.3 Å². The van der Waals surface area contributed by atoms with E-state index in [1.165, 1.54) is 5.56 Å². The van der Waals surface area contributed by atoms with E-state index in [1.807, 2.05) is 17.0 Å². The van der Waals surface area contributed by atoms with Crippen LogP contribution >= 0.6 is 15.9 Å². The lowest BCUT2D eigenvalue weighted by atomic mass is 9.98. The van der Waals surface area contributed by atoms with Gasteiger partial charge >= 0.3 is 0 Å². The lowest BCUT2D eigenvalue weighted by Crippen LogP contribution is -2.53. The molecule has 0 N–H and O–H groups in total. The first-order valence-corrected chi connectivity index (χ1v) is 9.24. The highest BCUT2D eigenvalue weighted by atomic mass is 79.9. The number of nitrogens with zero attached hydrogens (tertiary/aromatic N) is 2. The quantitative estimate of drug-likeness (QED) is 0.775. The number of likely N-dealkylation sites (tertiary alicyclic amines) is 1. The summed E-state index contributed by atoms with van der Waals surface area (Å²) in [4.78, 5) is 28.2. The van der Waals surface area contributed by atoms with E-state index in [9.17, 15) is 9.59 Å². The zero-order valence-electron chi connectivity index (χ0n) is 13.7. The third-order valence-electron chi connectivity index (χ3n) is 5.69. The fourth-order valence-electron chi connectivity index (χ4n) is 3.98. The van der Waals surface area contributed by atoms with E-state index in [1.54, 1.807) is 11.9 Å². The summed E-state index contributed by atoms with van der Waals surface area (Å²) < 4.78 is 6.81. The average molecular weight is 393 g/mol. The van der Waals surface area contributed by atoms with Crippen molar-refractivity contribution in [1.29, 1.82) is 0 Å². The summed E-state index contributed by atoms with van der Waals surface area (Å²) in [6.07, 6.45) is 2.34. The number of piperidine rings is 1. The summed E-state index contributed by atoms with van der Waals surface area (Å²) in [5.74, 6) is 0.739. The molecule has 1 spiro atoms. The number of amides is 2. The summed E-state index contributed by atoms with van der Waals surface area (Å²) in [6, 6.07) is 8.23. The Bertz CT molecular complexity index is 685. The zero-order valence-corrected chi connectivity index (χ0v) is 15.3. The molecule has 0 unspecified atom stereocenters. The molecule has 0 aromatic heterocycles. The highest BCUT2D eigenvalue weighted by Gasteiger charge is 2.50.